The van der Waals surface area contributed by atoms with Crippen LogP contribution in [-0.4, -0.2) is 49.0 Å². The van der Waals surface area contributed by atoms with E-state index in [1.807, 2.05) is 14.0 Å². The van der Waals surface area contributed by atoms with Gasteiger partial charge in [0.05, 0.1) is 27.6 Å². The highest BCUT2D eigenvalue weighted by Crippen LogP contribution is 2.28. The first kappa shape index (κ1) is 27.2. The molecule has 0 saturated heterocycles. The number of H-pyrrole nitrogens is 1. The number of nitrogens with one attached hydrogen (secondary N) is 1. The fraction of sp³-hybridized carbons (Fsp3) is 0.267. The fourth-order valence-electron chi connectivity index (χ4n) is 4.74. The van der Waals surface area contributed by atoms with Crippen molar-refractivity contribution in [2.45, 2.75) is 31.1 Å². The monoisotopic (exact) mass is 558 g/mol. The highest BCUT2D eigenvalue weighted by atomic mass is 32.2. The maximum Gasteiger partial charge on any atom is 0.417 e. The zero-order chi connectivity index (χ0) is 28.3. The van der Waals surface area contributed by atoms with Gasteiger partial charge in [0.15, 0.2) is 11.3 Å². The van der Waals surface area contributed by atoms with E-state index in [4.69, 9.17) is 9.15 Å². The maximum atomic E-state index is 13.5. The first-order chi connectivity index (χ1) is 19.3. The summed E-state index contributed by atoms with van der Waals surface area (Å²) >= 11 is 0. The van der Waals surface area contributed by atoms with Crippen LogP contribution in [0, 0.1) is 18.3 Å². The second-order valence-electron chi connectivity index (χ2n) is 9.87. The van der Waals surface area contributed by atoms with Crippen LogP contribution in [0.1, 0.15) is 29.5 Å². The molecule has 0 aliphatic carbocycles. The lowest BCUT2D eigenvalue weighted by Gasteiger charge is -2.16. The van der Waals surface area contributed by atoms with E-state index in [0.717, 1.165) is 35.9 Å². The molecule has 10 heteroatoms. The van der Waals surface area contributed by atoms with E-state index in [2.05, 4.69) is 16.0 Å². The number of likely N-dealkylation sites (N-methyl/N-ethyl adjacent to an activating group) is 1. The number of fused-ring (bicyclic) bond motifs is 2. The molecule has 2 aromatic heterocycles. The predicted molar refractivity (Wildman–Crippen MR) is 153 cm³/mol. The summed E-state index contributed by atoms with van der Waals surface area (Å²) in [5, 5.41) is 10.2. The Hall–Kier alpha value is -4.33. The Morgan fingerprint density at radius 2 is 1.88 bits per heavy atom. The zero-order valence-corrected chi connectivity index (χ0v) is 23.2. The summed E-state index contributed by atoms with van der Waals surface area (Å²) in [6.45, 7) is 3.87. The molecule has 2 heterocycles. The second-order valence-corrected chi connectivity index (χ2v) is 11.7. The number of unbranched alkanes of at least 4 members (excludes halogenated alkanes) is 1. The first-order valence-corrected chi connectivity index (χ1v) is 14.5. The lowest BCUT2D eigenvalue weighted by Crippen LogP contribution is -2.25. The third-order valence-corrected chi connectivity index (χ3v) is 8.62. The summed E-state index contributed by atoms with van der Waals surface area (Å²) in [6.07, 6.45) is 4.12. The number of aromatic amines is 1. The van der Waals surface area contributed by atoms with Crippen LogP contribution in [0.4, 0.5) is 0 Å². The van der Waals surface area contributed by atoms with Crippen molar-refractivity contribution in [2.24, 2.45) is 0 Å². The molecule has 0 radical (unpaired) electrons. The largest absolute Gasteiger partial charge is 0.488 e. The van der Waals surface area contributed by atoms with Gasteiger partial charge in [-0.25, -0.2) is 17.2 Å². The normalized spacial score (nSPS) is 11.8. The molecule has 0 spiro atoms. The summed E-state index contributed by atoms with van der Waals surface area (Å²) < 4.78 is 39.3. The van der Waals surface area contributed by atoms with Gasteiger partial charge in [0.2, 0.25) is 0 Å². The van der Waals surface area contributed by atoms with Crippen LogP contribution in [0.3, 0.4) is 0 Å². The van der Waals surface area contributed by atoms with Crippen molar-refractivity contribution in [3.05, 3.63) is 94.1 Å². The third kappa shape index (κ3) is 5.66. The minimum Gasteiger partial charge on any atom is -0.488 e. The lowest BCUT2D eigenvalue weighted by molar-refractivity contribution is 0.235. The van der Waals surface area contributed by atoms with Gasteiger partial charge in [-0.2, -0.15) is 5.26 Å². The van der Waals surface area contributed by atoms with Crippen molar-refractivity contribution in [3.8, 4) is 11.8 Å². The number of oxazole rings is 1. The number of hydrogen-bond donors (Lipinski definition) is 1. The number of aryl methyl sites for hydroxylation is 2. The van der Waals surface area contributed by atoms with Crippen molar-refractivity contribution in [2.75, 3.05) is 26.7 Å². The molecule has 0 bridgehead atoms. The third-order valence-electron chi connectivity index (χ3n) is 6.94. The number of rotatable bonds is 11. The van der Waals surface area contributed by atoms with Gasteiger partial charge in [-0.05, 0) is 87.8 Å². The standard InChI is InChI=1S/C30H30N4O5S/c1-21-9-12-24(13-10-21)40(36,37)34-20-23(25-18-22(19-31)11-14-27(25)34)6-3-4-15-33(2)16-17-38-28-8-5-7-26-29(28)39-30(35)32-26/h5,7-14,18,20H,3-4,6,15-17H2,1-2H3,(H,32,35). The minimum atomic E-state index is -3.79. The Bertz CT molecular complexity index is 1860. The lowest BCUT2D eigenvalue weighted by atomic mass is 10.1. The highest BCUT2D eigenvalue weighted by molar-refractivity contribution is 7.90. The van der Waals surface area contributed by atoms with Gasteiger partial charge in [0.25, 0.3) is 10.0 Å². The van der Waals surface area contributed by atoms with Crippen LogP contribution >= 0.6 is 0 Å². The SMILES string of the molecule is Cc1ccc(S(=O)(=O)n2cc(CCCCN(C)CCOc3cccc4[nH]c(=O)oc34)c3cc(C#N)ccc32)cc1. The molecule has 0 aliphatic rings. The van der Waals surface area contributed by atoms with E-state index in [1.54, 1.807) is 66.9 Å². The molecule has 9 nitrogen and oxygen atoms in total. The van der Waals surface area contributed by atoms with E-state index in [-0.39, 0.29) is 4.90 Å². The van der Waals surface area contributed by atoms with E-state index in [0.29, 0.717) is 47.5 Å². The Labute approximate surface area is 232 Å². The van der Waals surface area contributed by atoms with Crippen molar-refractivity contribution < 1.29 is 17.6 Å². The van der Waals surface area contributed by atoms with Crippen LogP contribution in [0.15, 0.2) is 81.0 Å². The Morgan fingerprint density at radius 3 is 2.65 bits per heavy atom. The molecule has 5 aromatic rings. The molecule has 1 N–H and O–H groups in total. The zero-order valence-electron chi connectivity index (χ0n) is 22.4. The quantitative estimate of drug-likeness (QED) is 0.231. The van der Waals surface area contributed by atoms with Crippen LogP contribution in [0.5, 0.6) is 5.75 Å². The highest BCUT2D eigenvalue weighted by Gasteiger charge is 2.21. The molecule has 0 aliphatic heterocycles. The van der Waals surface area contributed by atoms with Gasteiger partial charge in [-0.3, -0.25) is 4.98 Å². The molecule has 206 valence electrons. The van der Waals surface area contributed by atoms with Gasteiger partial charge in [0, 0.05) is 18.1 Å². The topological polar surface area (TPSA) is 121 Å². The van der Waals surface area contributed by atoms with E-state index >= 15 is 0 Å². The van der Waals surface area contributed by atoms with Gasteiger partial charge in [-0.15, -0.1) is 0 Å². The van der Waals surface area contributed by atoms with E-state index in [1.165, 1.54) is 3.97 Å². The Morgan fingerprint density at radius 1 is 1.07 bits per heavy atom. The van der Waals surface area contributed by atoms with E-state index < -0.39 is 15.8 Å². The smallest absolute Gasteiger partial charge is 0.417 e. The van der Waals surface area contributed by atoms with Gasteiger partial charge < -0.3 is 14.1 Å². The van der Waals surface area contributed by atoms with Gasteiger partial charge >= 0.3 is 5.76 Å². The van der Waals surface area contributed by atoms with Crippen LogP contribution in [-0.2, 0) is 16.4 Å². The molecule has 0 atom stereocenters. The molecule has 40 heavy (non-hydrogen) atoms. The molecular weight excluding hydrogens is 528 g/mol. The number of aromatic nitrogens is 2. The predicted octanol–water partition coefficient (Wildman–Crippen LogP) is 4.83. The molecule has 0 fully saturated rings. The van der Waals surface area contributed by atoms with Crippen LogP contribution in [0.25, 0.3) is 22.0 Å². The van der Waals surface area contributed by atoms with Gasteiger partial charge in [-0.1, -0.05) is 23.8 Å². The van der Waals surface area contributed by atoms with Crippen LogP contribution < -0.4 is 10.5 Å². The summed E-state index contributed by atoms with van der Waals surface area (Å²) in [5.41, 5.74) is 3.96. The summed E-state index contributed by atoms with van der Waals surface area (Å²) in [4.78, 5) is 16.5. The van der Waals surface area contributed by atoms with Crippen molar-refractivity contribution in [1.29, 1.82) is 5.26 Å². The molecule has 3 aromatic carbocycles. The number of ether oxygens (including phenoxy) is 1. The Kier molecular flexibility index (Phi) is 7.78. The van der Waals surface area contributed by atoms with Crippen molar-refractivity contribution >= 4 is 32.0 Å². The maximum absolute atomic E-state index is 13.5. The number of benzene rings is 3. The number of hydrogen-bond acceptors (Lipinski definition) is 7. The summed E-state index contributed by atoms with van der Waals surface area (Å²) in [7, 11) is -1.77. The molecule has 5 rings (SSSR count). The van der Waals surface area contributed by atoms with Crippen LogP contribution in [0.2, 0.25) is 0 Å². The second kappa shape index (κ2) is 11.4. The molecular formula is C30H30N4O5S. The number of nitrogens with zero attached hydrogens (tertiary/aromatic N) is 3. The number of nitriles is 1. The van der Waals surface area contributed by atoms with Gasteiger partial charge in [0.1, 0.15) is 6.61 Å². The first-order valence-electron chi connectivity index (χ1n) is 13.1. The molecule has 0 saturated carbocycles. The van der Waals surface area contributed by atoms with E-state index in [9.17, 15) is 18.5 Å². The summed E-state index contributed by atoms with van der Waals surface area (Å²) in [5.74, 6) is 0.0147. The molecule has 0 unspecified atom stereocenters. The average Bonchev–Trinajstić information content (AvgIpc) is 3.51. The van der Waals surface area contributed by atoms with Crippen molar-refractivity contribution in [3.63, 3.8) is 0 Å². The van der Waals surface area contributed by atoms with Crippen molar-refractivity contribution in [1.82, 2.24) is 13.9 Å². The molecule has 0 amide bonds. The fourth-order valence-corrected chi connectivity index (χ4v) is 6.13. The minimum absolute atomic E-state index is 0.227. The summed E-state index contributed by atoms with van der Waals surface area (Å²) in [6, 6.07) is 19.4. The average molecular weight is 559 g/mol. The Balaban J connectivity index is 1.21. The number of para-hydroxylation sites is 1.